The van der Waals surface area contributed by atoms with Crippen molar-refractivity contribution in [2.24, 2.45) is 0 Å². The molecule has 1 aliphatic heterocycles. The van der Waals surface area contributed by atoms with Gasteiger partial charge in [0.2, 0.25) is 11.8 Å². The molecule has 2 amide bonds. The first-order valence-electron chi connectivity index (χ1n) is 7.87. The lowest BCUT2D eigenvalue weighted by Gasteiger charge is -2.28. The van der Waals surface area contributed by atoms with E-state index in [0.717, 1.165) is 20.5 Å². The quantitative estimate of drug-likeness (QED) is 0.694. The van der Waals surface area contributed by atoms with Crippen LogP contribution in [0.1, 0.15) is 11.1 Å². The average molecular weight is 415 g/mol. The Bertz CT molecular complexity index is 618. The number of morpholine rings is 1. The van der Waals surface area contributed by atoms with Gasteiger partial charge in [-0.2, -0.15) is 0 Å². The topological polar surface area (TPSA) is 49.9 Å². The van der Waals surface area contributed by atoms with Crippen LogP contribution < -0.4 is 0 Å². The lowest BCUT2D eigenvalue weighted by molar-refractivity contribution is -0.140. The number of rotatable bonds is 5. The Morgan fingerprint density at radius 3 is 2.58 bits per heavy atom. The number of ether oxygens (including phenoxy) is 1. The minimum Gasteiger partial charge on any atom is -0.378 e. The van der Waals surface area contributed by atoms with E-state index in [2.05, 4.69) is 28.1 Å². The molecule has 0 bridgehead atoms. The summed E-state index contributed by atoms with van der Waals surface area (Å²) >= 11 is 5.02. The van der Waals surface area contributed by atoms with E-state index in [-0.39, 0.29) is 18.4 Å². The normalized spacial score (nSPS) is 14.6. The highest BCUT2D eigenvalue weighted by atomic mass is 79.9. The summed E-state index contributed by atoms with van der Waals surface area (Å²) in [5, 5.41) is 0. The zero-order valence-electron chi connectivity index (χ0n) is 14.3. The van der Waals surface area contributed by atoms with Crippen LogP contribution in [0.4, 0.5) is 0 Å². The molecule has 1 aliphatic rings. The molecule has 0 radical (unpaired) electrons. The van der Waals surface area contributed by atoms with E-state index in [1.807, 2.05) is 13.8 Å². The van der Waals surface area contributed by atoms with E-state index in [4.69, 9.17) is 4.74 Å². The van der Waals surface area contributed by atoms with Gasteiger partial charge in [-0.1, -0.05) is 15.9 Å². The summed E-state index contributed by atoms with van der Waals surface area (Å²) in [6.07, 6.45) is 0. The molecule has 0 unspecified atom stereocenters. The van der Waals surface area contributed by atoms with Crippen LogP contribution in [0.3, 0.4) is 0 Å². The first kappa shape index (κ1) is 19.3. The number of halogens is 1. The van der Waals surface area contributed by atoms with Crippen LogP contribution in [0.5, 0.6) is 0 Å². The zero-order chi connectivity index (χ0) is 17.7. The van der Waals surface area contributed by atoms with Crippen LogP contribution in [-0.4, -0.2) is 67.3 Å². The molecule has 0 saturated carbocycles. The molecule has 0 N–H and O–H groups in total. The third-order valence-corrected chi connectivity index (χ3v) is 5.97. The van der Waals surface area contributed by atoms with Crippen molar-refractivity contribution < 1.29 is 14.3 Å². The fourth-order valence-electron chi connectivity index (χ4n) is 2.36. The summed E-state index contributed by atoms with van der Waals surface area (Å²) in [5.41, 5.74) is 2.28. The van der Waals surface area contributed by atoms with Crippen molar-refractivity contribution in [3.05, 3.63) is 27.7 Å². The molecule has 1 fully saturated rings. The third-order valence-electron chi connectivity index (χ3n) is 3.97. The molecule has 5 nitrogen and oxygen atoms in total. The Balaban J connectivity index is 1.85. The maximum Gasteiger partial charge on any atom is 0.242 e. The second-order valence-corrected chi connectivity index (χ2v) is 7.77. The third kappa shape index (κ3) is 5.22. The zero-order valence-corrected chi connectivity index (χ0v) is 16.7. The number of carbonyl (C=O) groups is 2. The molecule has 1 aromatic carbocycles. The number of benzene rings is 1. The van der Waals surface area contributed by atoms with E-state index >= 15 is 0 Å². The number of hydrogen-bond acceptors (Lipinski definition) is 4. The van der Waals surface area contributed by atoms with Gasteiger partial charge in [-0.3, -0.25) is 9.59 Å². The largest absolute Gasteiger partial charge is 0.378 e. The minimum atomic E-state index is -0.0402. The summed E-state index contributed by atoms with van der Waals surface area (Å²) in [7, 11) is 1.68. The van der Waals surface area contributed by atoms with Gasteiger partial charge in [-0.25, -0.2) is 0 Å². The predicted molar refractivity (Wildman–Crippen MR) is 99.4 cm³/mol. The fourth-order valence-corrected chi connectivity index (χ4v) is 3.87. The molecule has 24 heavy (non-hydrogen) atoms. The van der Waals surface area contributed by atoms with Crippen molar-refractivity contribution in [3.63, 3.8) is 0 Å². The standard InChI is InChI=1S/C17H23BrN2O3S/c1-12-9-15(13(2)8-14(12)18)24-11-17(22)19(3)10-16(21)20-4-6-23-7-5-20/h8-9H,4-7,10-11H2,1-3H3. The van der Waals surface area contributed by atoms with Crippen LogP contribution in [0.2, 0.25) is 0 Å². The molecule has 0 atom stereocenters. The molecular formula is C17H23BrN2O3S. The van der Waals surface area contributed by atoms with E-state index < -0.39 is 0 Å². The Morgan fingerprint density at radius 1 is 1.25 bits per heavy atom. The lowest BCUT2D eigenvalue weighted by Crippen LogP contribution is -2.46. The highest BCUT2D eigenvalue weighted by molar-refractivity contribution is 9.10. The molecule has 0 aromatic heterocycles. The lowest BCUT2D eigenvalue weighted by atomic mass is 10.2. The first-order chi connectivity index (χ1) is 11.4. The van der Waals surface area contributed by atoms with Gasteiger partial charge in [0.25, 0.3) is 0 Å². The van der Waals surface area contributed by atoms with E-state index in [1.54, 1.807) is 11.9 Å². The number of hydrogen-bond donors (Lipinski definition) is 0. The van der Waals surface area contributed by atoms with Crippen LogP contribution in [0.15, 0.2) is 21.5 Å². The fraction of sp³-hybridized carbons (Fsp3) is 0.529. The number of aryl methyl sites for hydroxylation is 2. The average Bonchev–Trinajstić information content (AvgIpc) is 2.57. The molecule has 0 spiro atoms. The van der Waals surface area contributed by atoms with Gasteiger partial charge in [0.1, 0.15) is 0 Å². The summed E-state index contributed by atoms with van der Waals surface area (Å²) in [5.74, 6) is 0.269. The maximum atomic E-state index is 12.3. The molecule has 1 saturated heterocycles. The summed E-state index contributed by atoms with van der Waals surface area (Å²) in [6.45, 7) is 6.53. The van der Waals surface area contributed by atoms with Crippen molar-refractivity contribution >= 4 is 39.5 Å². The Hall–Kier alpha value is -1.05. The molecule has 7 heteroatoms. The van der Waals surface area contributed by atoms with E-state index in [0.29, 0.717) is 32.1 Å². The van der Waals surface area contributed by atoms with E-state index in [9.17, 15) is 9.59 Å². The predicted octanol–water partition coefficient (Wildman–Crippen LogP) is 2.48. The van der Waals surface area contributed by atoms with Gasteiger partial charge in [0.15, 0.2) is 0 Å². The van der Waals surface area contributed by atoms with Crippen molar-refractivity contribution in [1.82, 2.24) is 9.80 Å². The van der Waals surface area contributed by atoms with Crippen LogP contribution >= 0.6 is 27.7 Å². The monoisotopic (exact) mass is 414 g/mol. The SMILES string of the molecule is Cc1cc(SCC(=O)N(C)CC(=O)N2CCOCC2)c(C)cc1Br. The summed E-state index contributed by atoms with van der Waals surface area (Å²) < 4.78 is 6.31. The highest BCUT2D eigenvalue weighted by Gasteiger charge is 2.20. The summed E-state index contributed by atoms with van der Waals surface area (Å²) in [6, 6.07) is 4.14. The maximum absolute atomic E-state index is 12.3. The van der Waals surface area contributed by atoms with Gasteiger partial charge >= 0.3 is 0 Å². The van der Waals surface area contributed by atoms with Crippen molar-refractivity contribution in [2.75, 3.05) is 45.6 Å². The van der Waals surface area contributed by atoms with Crippen LogP contribution in [0, 0.1) is 13.8 Å². The minimum absolute atomic E-state index is 0.0187. The van der Waals surface area contributed by atoms with E-state index in [1.165, 1.54) is 16.7 Å². The summed E-state index contributed by atoms with van der Waals surface area (Å²) in [4.78, 5) is 28.8. The van der Waals surface area contributed by atoms with Crippen molar-refractivity contribution in [1.29, 1.82) is 0 Å². The Kier molecular flexibility index (Phi) is 7.13. The van der Waals surface area contributed by atoms with Gasteiger partial charge in [0.05, 0.1) is 25.5 Å². The molecule has 1 heterocycles. The van der Waals surface area contributed by atoms with Crippen LogP contribution in [-0.2, 0) is 14.3 Å². The van der Waals surface area contributed by atoms with Gasteiger partial charge in [0, 0.05) is 29.5 Å². The van der Waals surface area contributed by atoms with Gasteiger partial charge < -0.3 is 14.5 Å². The van der Waals surface area contributed by atoms with Crippen molar-refractivity contribution in [2.45, 2.75) is 18.7 Å². The van der Waals surface area contributed by atoms with Crippen molar-refractivity contribution in [3.8, 4) is 0 Å². The first-order valence-corrected chi connectivity index (χ1v) is 9.65. The molecule has 1 aromatic rings. The highest BCUT2D eigenvalue weighted by Crippen LogP contribution is 2.28. The number of amides is 2. The molecule has 2 rings (SSSR count). The Morgan fingerprint density at radius 2 is 1.92 bits per heavy atom. The molecule has 132 valence electrons. The molecule has 0 aliphatic carbocycles. The molecular weight excluding hydrogens is 392 g/mol. The number of carbonyl (C=O) groups excluding carboxylic acids is 2. The van der Waals surface area contributed by atoms with Crippen LogP contribution in [0.25, 0.3) is 0 Å². The second kappa shape index (κ2) is 8.87. The number of nitrogens with zero attached hydrogens (tertiary/aromatic N) is 2. The number of likely N-dealkylation sites (N-methyl/N-ethyl adjacent to an activating group) is 1. The number of thioether (sulfide) groups is 1. The van der Waals surface area contributed by atoms with Gasteiger partial charge in [-0.05, 0) is 37.1 Å². The smallest absolute Gasteiger partial charge is 0.242 e. The Labute approximate surface area is 155 Å². The second-order valence-electron chi connectivity index (χ2n) is 5.90. The van der Waals surface area contributed by atoms with Gasteiger partial charge in [-0.15, -0.1) is 11.8 Å².